The van der Waals surface area contributed by atoms with Crippen LogP contribution >= 0.6 is 0 Å². The van der Waals surface area contributed by atoms with Crippen molar-refractivity contribution in [3.63, 3.8) is 0 Å². The SMILES string of the molecule is Cc1ccc(CN(C)CCC(N)C(C)(C)C)o1. The van der Waals surface area contributed by atoms with Crippen molar-refractivity contribution < 1.29 is 4.42 Å². The second-order valence-corrected chi connectivity index (χ2v) is 6.01. The predicted molar refractivity (Wildman–Crippen MR) is 71.8 cm³/mol. The number of nitrogens with zero attached hydrogens (tertiary/aromatic N) is 1. The molecule has 1 atom stereocenters. The van der Waals surface area contributed by atoms with E-state index in [1.54, 1.807) is 0 Å². The lowest BCUT2D eigenvalue weighted by atomic mass is 9.85. The highest BCUT2D eigenvalue weighted by atomic mass is 16.3. The molecule has 0 aliphatic rings. The molecule has 1 heterocycles. The maximum Gasteiger partial charge on any atom is 0.118 e. The van der Waals surface area contributed by atoms with E-state index in [1.807, 2.05) is 19.1 Å². The Bertz CT molecular complexity index is 338. The molecule has 3 nitrogen and oxygen atoms in total. The molecule has 1 aromatic rings. The molecule has 3 heteroatoms. The lowest BCUT2D eigenvalue weighted by Crippen LogP contribution is -2.37. The van der Waals surface area contributed by atoms with Gasteiger partial charge in [-0.2, -0.15) is 0 Å². The summed E-state index contributed by atoms with van der Waals surface area (Å²) in [7, 11) is 2.10. The quantitative estimate of drug-likeness (QED) is 0.857. The van der Waals surface area contributed by atoms with Gasteiger partial charge in [0, 0.05) is 6.04 Å². The minimum atomic E-state index is 0.183. The summed E-state index contributed by atoms with van der Waals surface area (Å²) in [6, 6.07) is 4.28. The first-order chi connectivity index (χ1) is 7.79. The van der Waals surface area contributed by atoms with Gasteiger partial charge in [-0.05, 0) is 44.5 Å². The number of hydrogen-bond donors (Lipinski definition) is 1. The Kier molecular flexibility index (Phi) is 4.78. The van der Waals surface area contributed by atoms with E-state index >= 15 is 0 Å². The molecular formula is C14H26N2O. The lowest BCUT2D eigenvalue weighted by Gasteiger charge is -2.28. The van der Waals surface area contributed by atoms with Crippen LogP contribution in [0.3, 0.4) is 0 Å². The van der Waals surface area contributed by atoms with Gasteiger partial charge in [0.1, 0.15) is 11.5 Å². The van der Waals surface area contributed by atoms with Crippen molar-refractivity contribution in [1.29, 1.82) is 0 Å². The number of aryl methyl sites for hydroxylation is 1. The van der Waals surface area contributed by atoms with Gasteiger partial charge in [-0.15, -0.1) is 0 Å². The second-order valence-electron chi connectivity index (χ2n) is 6.01. The van der Waals surface area contributed by atoms with Crippen LogP contribution in [0.25, 0.3) is 0 Å². The highest BCUT2D eigenvalue weighted by Gasteiger charge is 2.20. The highest BCUT2D eigenvalue weighted by molar-refractivity contribution is 5.05. The molecule has 0 aliphatic carbocycles. The Balaban J connectivity index is 2.33. The Morgan fingerprint density at radius 1 is 1.35 bits per heavy atom. The minimum absolute atomic E-state index is 0.183. The fourth-order valence-electron chi connectivity index (χ4n) is 1.71. The van der Waals surface area contributed by atoms with Gasteiger partial charge in [-0.1, -0.05) is 20.8 Å². The first-order valence-corrected chi connectivity index (χ1v) is 6.28. The zero-order valence-electron chi connectivity index (χ0n) is 11.8. The van der Waals surface area contributed by atoms with Crippen molar-refractivity contribution in [2.75, 3.05) is 13.6 Å². The molecule has 0 bridgehead atoms. The summed E-state index contributed by atoms with van der Waals surface area (Å²) in [4.78, 5) is 2.25. The van der Waals surface area contributed by atoms with Crippen LogP contribution in [0.1, 0.15) is 38.7 Å². The number of rotatable bonds is 5. The molecule has 98 valence electrons. The molecule has 0 fully saturated rings. The van der Waals surface area contributed by atoms with Crippen LogP contribution in [0.4, 0.5) is 0 Å². The highest BCUT2D eigenvalue weighted by Crippen LogP contribution is 2.20. The van der Waals surface area contributed by atoms with Gasteiger partial charge in [0.25, 0.3) is 0 Å². The molecule has 1 rings (SSSR count). The van der Waals surface area contributed by atoms with Gasteiger partial charge < -0.3 is 10.2 Å². The van der Waals surface area contributed by atoms with Crippen molar-refractivity contribution >= 4 is 0 Å². The third kappa shape index (κ3) is 4.92. The molecule has 0 saturated heterocycles. The zero-order valence-corrected chi connectivity index (χ0v) is 11.8. The number of nitrogens with two attached hydrogens (primary N) is 1. The van der Waals surface area contributed by atoms with Crippen LogP contribution in [0.5, 0.6) is 0 Å². The minimum Gasteiger partial charge on any atom is -0.465 e. The molecule has 0 aromatic carbocycles. The van der Waals surface area contributed by atoms with E-state index in [4.69, 9.17) is 10.2 Å². The molecule has 0 saturated carbocycles. The maximum absolute atomic E-state index is 6.15. The van der Waals surface area contributed by atoms with Crippen molar-refractivity contribution in [3.05, 3.63) is 23.7 Å². The molecule has 0 radical (unpaired) electrons. The van der Waals surface area contributed by atoms with Crippen LogP contribution in [-0.4, -0.2) is 24.5 Å². The molecule has 1 aromatic heterocycles. The average molecular weight is 238 g/mol. The van der Waals surface area contributed by atoms with Gasteiger partial charge in [0.15, 0.2) is 0 Å². The predicted octanol–water partition coefficient (Wildman–Crippen LogP) is 2.78. The van der Waals surface area contributed by atoms with E-state index in [1.165, 1.54) is 0 Å². The zero-order chi connectivity index (χ0) is 13.1. The summed E-state index contributed by atoms with van der Waals surface area (Å²) < 4.78 is 5.56. The molecule has 0 spiro atoms. The van der Waals surface area contributed by atoms with E-state index < -0.39 is 0 Å². The molecular weight excluding hydrogens is 212 g/mol. The first kappa shape index (κ1) is 14.3. The van der Waals surface area contributed by atoms with E-state index in [-0.39, 0.29) is 11.5 Å². The average Bonchev–Trinajstić information content (AvgIpc) is 2.58. The van der Waals surface area contributed by atoms with E-state index in [2.05, 4.69) is 32.7 Å². The van der Waals surface area contributed by atoms with Gasteiger partial charge in [0.2, 0.25) is 0 Å². The summed E-state index contributed by atoms with van der Waals surface area (Å²) in [5.74, 6) is 1.99. The smallest absolute Gasteiger partial charge is 0.118 e. The Morgan fingerprint density at radius 2 is 2.00 bits per heavy atom. The van der Waals surface area contributed by atoms with Gasteiger partial charge >= 0.3 is 0 Å². The Labute approximate surface area is 105 Å². The van der Waals surface area contributed by atoms with Gasteiger partial charge in [0.05, 0.1) is 6.54 Å². The van der Waals surface area contributed by atoms with Crippen LogP contribution in [-0.2, 0) is 6.54 Å². The van der Waals surface area contributed by atoms with Crippen LogP contribution in [0, 0.1) is 12.3 Å². The van der Waals surface area contributed by atoms with Crippen LogP contribution in [0.15, 0.2) is 16.5 Å². The fourth-order valence-corrected chi connectivity index (χ4v) is 1.71. The molecule has 0 amide bonds. The number of hydrogen-bond acceptors (Lipinski definition) is 3. The van der Waals surface area contributed by atoms with Crippen LogP contribution < -0.4 is 5.73 Å². The summed E-state index contributed by atoms with van der Waals surface area (Å²) in [6.07, 6.45) is 1.01. The topological polar surface area (TPSA) is 42.4 Å². The number of furan rings is 1. The van der Waals surface area contributed by atoms with Crippen LogP contribution in [0.2, 0.25) is 0 Å². The first-order valence-electron chi connectivity index (χ1n) is 6.28. The standard InChI is InChI=1S/C14H26N2O/c1-11-6-7-12(17-11)10-16(5)9-8-13(15)14(2,3)4/h6-7,13H,8-10,15H2,1-5H3. The third-order valence-corrected chi connectivity index (χ3v) is 3.16. The summed E-state index contributed by atoms with van der Waals surface area (Å²) in [5.41, 5.74) is 6.33. The Morgan fingerprint density at radius 3 is 2.47 bits per heavy atom. The van der Waals surface area contributed by atoms with E-state index in [9.17, 15) is 0 Å². The largest absolute Gasteiger partial charge is 0.465 e. The fraction of sp³-hybridized carbons (Fsp3) is 0.714. The molecule has 2 N–H and O–H groups in total. The van der Waals surface area contributed by atoms with Gasteiger partial charge in [-0.3, -0.25) is 4.90 Å². The lowest BCUT2D eigenvalue weighted by molar-refractivity contribution is 0.240. The molecule has 0 aliphatic heterocycles. The molecule has 17 heavy (non-hydrogen) atoms. The molecule has 1 unspecified atom stereocenters. The van der Waals surface area contributed by atoms with Crippen molar-refractivity contribution in [2.45, 2.75) is 46.7 Å². The third-order valence-electron chi connectivity index (χ3n) is 3.16. The maximum atomic E-state index is 6.15. The monoisotopic (exact) mass is 238 g/mol. The summed E-state index contributed by atoms with van der Waals surface area (Å²) >= 11 is 0. The van der Waals surface area contributed by atoms with Crippen molar-refractivity contribution in [3.8, 4) is 0 Å². The normalized spacial score (nSPS) is 14.3. The van der Waals surface area contributed by atoms with E-state index in [0.29, 0.717) is 0 Å². The summed E-state index contributed by atoms with van der Waals surface area (Å²) in [6.45, 7) is 10.4. The van der Waals surface area contributed by atoms with Gasteiger partial charge in [-0.25, -0.2) is 0 Å². The van der Waals surface area contributed by atoms with Crippen molar-refractivity contribution in [2.24, 2.45) is 11.1 Å². The Hall–Kier alpha value is -0.800. The van der Waals surface area contributed by atoms with Crippen molar-refractivity contribution in [1.82, 2.24) is 4.90 Å². The summed E-state index contributed by atoms with van der Waals surface area (Å²) in [5, 5.41) is 0. The second kappa shape index (κ2) is 5.69. The van der Waals surface area contributed by atoms with E-state index in [0.717, 1.165) is 31.0 Å².